The van der Waals surface area contributed by atoms with Gasteiger partial charge in [-0.2, -0.15) is 0 Å². The van der Waals surface area contributed by atoms with Crippen LogP contribution in [-0.4, -0.2) is 28.5 Å². The highest BCUT2D eigenvalue weighted by molar-refractivity contribution is 6.05. The van der Waals surface area contributed by atoms with Gasteiger partial charge in [0, 0.05) is 37.3 Å². The van der Waals surface area contributed by atoms with Crippen molar-refractivity contribution in [3.63, 3.8) is 0 Å². The van der Waals surface area contributed by atoms with Crippen LogP contribution in [0.25, 0.3) is 22.1 Å². The van der Waals surface area contributed by atoms with Crippen molar-refractivity contribution in [1.29, 1.82) is 0 Å². The van der Waals surface area contributed by atoms with Crippen LogP contribution in [0.3, 0.4) is 0 Å². The van der Waals surface area contributed by atoms with Crippen molar-refractivity contribution in [2.75, 3.05) is 18.5 Å². The molecule has 0 amide bonds. The Kier molecular flexibility index (Phi) is 3.38. The Balaban J connectivity index is 1.68. The molecule has 0 bridgehead atoms. The number of furan rings is 1. The zero-order valence-electron chi connectivity index (χ0n) is 12.8. The van der Waals surface area contributed by atoms with E-state index in [-0.39, 0.29) is 0 Å². The predicted molar refractivity (Wildman–Crippen MR) is 90.5 cm³/mol. The van der Waals surface area contributed by atoms with E-state index in [4.69, 9.17) is 4.42 Å². The quantitative estimate of drug-likeness (QED) is 0.578. The number of hydrogen-bond donors (Lipinski definition) is 0. The van der Waals surface area contributed by atoms with Gasteiger partial charge in [-0.1, -0.05) is 18.2 Å². The number of likely N-dealkylation sites (N-methyl/N-ethyl adjacent to an activating group) is 1. The summed E-state index contributed by atoms with van der Waals surface area (Å²) in [6.07, 6.45) is 4.26. The summed E-state index contributed by atoms with van der Waals surface area (Å²) in [6, 6.07) is 13.9. The summed E-state index contributed by atoms with van der Waals surface area (Å²) in [4.78, 5) is 15.2. The molecule has 3 heterocycles. The molecule has 0 saturated carbocycles. The van der Waals surface area contributed by atoms with Crippen LogP contribution >= 0.6 is 0 Å². The van der Waals surface area contributed by atoms with Crippen molar-refractivity contribution >= 4 is 27.9 Å². The number of fused-ring (bicyclic) bond motifs is 3. The molecule has 5 heteroatoms. The van der Waals surface area contributed by atoms with Crippen LogP contribution in [0.1, 0.15) is 5.69 Å². The molecule has 0 aliphatic rings. The van der Waals surface area contributed by atoms with Gasteiger partial charge in [-0.3, -0.25) is 4.98 Å². The SMILES string of the molecule is CN(CCc1ccccn1)c1ncnc2c1oc1ccccc12. The second-order valence-electron chi connectivity index (χ2n) is 5.47. The van der Waals surface area contributed by atoms with Gasteiger partial charge in [0.25, 0.3) is 0 Å². The molecule has 3 aromatic heterocycles. The molecule has 0 N–H and O–H groups in total. The number of pyridine rings is 1. The number of benzene rings is 1. The number of rotatable bonds is 4. The van der Waals surface area contributed by atoms with Crippen molar-refractivity contribution in [3.8, 4) is 0 Å². The van der Waals surface area contributed by atoms with E-state index in [1.807, 2.05) is 55.7 Å². The second-order valence-corrected chi connectivity index (χ2v) is 5.47. The van der Waals surface area contributed by atoms with Gasteiger partial charge in [-0.05, 0) is 24.3 Å². The largest absolute Gasteiger partial charge is 0.450 e. The maximum Gasteiger partial charge on any atom is 0.196 e. The number of para-hydroxylation sites is 1. The van der Waals surface area contributed by atoms with E-state index in [1.54, 1.807) is 6.33 Å². The Hall–Kier alpha value is -2.95. The molecule has 114 valence electrons. The molecular weight excluding hydrogens is 288 g/mol. The molecule has 0 unspecified atom stereocenters. The monoisotopic (exact) mass is 304 g/mol. The first kappa shape index (κ1) is 13.7. The van der Waals surface area contributed by atoms with Crippen molar-refractivity contribution in [1.82, 2.24) is 15.0 Å². The lowest BCUT2D eigenvalue weighted by molar-refractivity contribution is 0.662. The number of nitrogens with zero attached hydrogens (tertiary/aromatic N) is 4. The fourth-order valence-corrected chi connectivity index (χ4v) is 2.72. The molecular formula is C18H16N4O. The number of anilines is 1. The molecule has 0 aliphatic heterocycles. The van der Waals surface area contributed by atoms with E-state index < -0.39 is 0 Å². The van der Waals surface area contributed by atoms with Gasteiger partial charge in [-0.25, -0.2) is 9.97 Å². The zero-order valence-corrected chi connectivity index (χ0v) is 12.8. The summed E-state index contributed by atoms with van der Waals surface area (Å²) < 4.78 is 5.97. The Morgan fingerprint density at radius 2 is 1.87 bits per heavy atom. The molecule has 0 atom stereocenters. The second kappa shape index (κ2) is 5.68. The first-order valence-electron chi connectivity index (χ1n) is 7.56. The first-order valence-corrected chi connectivity index (χ1v) is 7.56. The van der Waals surface area contributed by atoms with E-state index in [2.05, 4.69) is 19.9 Å². The Bertz CT molecular complexity index is 949. The van der Waals surface area contributed by atoms with E-state index in [9.17, 15) is 0 Å². The van der Waals surface area contributed by atoms with Crippen LogP contribution in [0, 0.1) is 0 Å². The average molecular weight is 304 g/mol. The van der Waals surface area contributed by atoms with Gasteiger partial charge < -0.3 is 9.32 Å². The topological polar surface area (TPSA) is 55.1 Å². The Labute approximate surface area is 133 Å². The highest BCUT2D eigenvalue weighted by Crippen LogP contribution is 2.31. The van der Waals surface area contributed by atoms with Crippen molar-refractivity contribution in [2.24, 2.45) is 0 Å². The summed E-state index contributed by atoms with van der Waals surface area (Å²) >= 11 is 0. The molecule has 0 radical (unpaired) electrons. The minimum absolute atomic E-state index is 0.734. The lowest BCUT2D eigenvalue weighted by Crippen LogP contribution is -2.22. The predicted octanol–water partition coefficient (Wildman–Crippen LogP) is 3.45. The maximum absolute atomic E-state index is 5.97. The van der Waals surface area contributed by atoms with Gasteiger partial charge in [0.05, 0.1) is 0 Å². The highest BCUT2D eigenvalue weighted by atomic mass is 16.3. The molecule has 0 spiro atoms. The van der Waals surface area contributed by atoms with Crippen LogP contribution < -0.4 is 4.90 Å². The summed E-state index contributed by atoms with van der Waals surface area (Å²) in [5.74, 6) is 0.808. The standard InChI is InChI=1S/C18H16N4O/c1-22(11-9-13-6-4-5-10-19-13)18-17-16(20-12-21-18)14-7-2-3-8-15(14)23-17/h2-8,10,12H,9,11H2,1H3. The minimum Gasteiger partial charge on any atom is -0.450 e. The van der Waals surface area contributed by atoms with Gasteiger partial charge in [0.15, 0.2) is 11.4 Å². The molecule has 0 saturated heterocycles. The summed E-state index contributed by atoms with van der Waals surface area (Å²) in [5, 5.41) is 1.02. The van der Waals surface area contributed by atoms with Crippen molar-refractivity contribution < 1.29 is 4.42 Å². The summed E-state index contributed by atoms with van der Waals surface area (Å²) in [6.45, 7) is 0.806. The molecule has 23 heavy (non-hydrogen) atoms. The van der Waals surface area contributed by atoms with E-state index >= 15 is 0 Å². The fourth-order valence-electron chi connectivity index (χ4n) is 2.72. The zero-order chi connectivity index (χ0) is 15.6. The third-order valence-electron chi connectivity index (χ3n) is 3.93. The Morgan fingerprint density at radius 1 is 1.00 bits per heavy atom. The fraction of sp³-hybridized carbons (Fsp3) is 0.167. The van der Waals surface area contributed by atoms with Gasteiger partial charge in [0.1, 0.15) is 17.4 Å². The molecule has 4 aromatic rings. The lowest BCUT2D eigenvalue weighted by atomic mass is 10.2. The van der Waals surface area contributed by atoms with Crippen LogP contribution in [0.15, 0.2) is 59.4 Å². The normalized spacial score (nSPS) is 11.2. The molecule has 1 aromatic carbocycles. The van der Waals surface area contributed by atoms with Crippen molar-refractivity contribution in [2.45, 2.75) is 6.42 Å². The highest BCUT2D eigenvalue weighted by Gasteiger charge is 2.15. The number of aromatic nitrogens is 3. The van der Waals surface area contributed by atoms with Crippen LogP contribution in [-0.2, 0) is 6.42 Å². The Morgan fingerprint density at radius 3 is 2.74 bits per heavy atom. The minimum atomic E-state index is 0.734. The molecule has 0 aliphatic carbocycles. The van der Waals surface area contributed by atoms with Crippen LogP contribution in [0.5, 0.6) is 0 Å². The molecule has 4 rings (SSSR count). The van der Waals surface area contributed by atoms with E-state index in [0.29, 0.717) is 0 Å². The van der Waals surface area contributed by atoms with Crippen LogP contribution in [0.4, 0.5) is 5.82 Å². The lowest BCUT2D eigenvalue weighted by Gasteiger charge is -2.17. The van der Waals surface area contributed by atoms with Gasteiger partial charge in [0.2, 0.25) is 0 Å². The summed E-state index contributed by atoms with van der Waals surface area (Å²) in [7, 11) is 2.01. The van der Waals surface area contributed by atoms with Gasteiger partial charge in [-0.15, -0.1) is 0 Å². The molecule has 0 fully saturated rings. The third-order valence-corrected chi connectivity index (χ3v) is 3.93. The smallest absolute Gasteiger partial charge is 0.196 e. The van der Waals surface area contributed by atoms with E-state index in [1.165, 1.54) is 0 Å². The van der Waals surface area contributed by atoms with Crippen molar-refractivity contribution in [3.05, 3.63) is 60.7 Å². The van der Waals surface area contributed by atoms with E-state index in [0.717, 1.165) is 46.5 Å². The van der Waals surface area contributed by atoms with Gasteiger partial charge >= 0.3 is 0 Å². The number of hydrogen-bond acceptors (Lipinski definition) is 5. The third kappa shape index (κ3) is 2.50. The molecule has 5 nitrogen and oxygen atoms in total. The first-order chi connectivity index (χ1) is 11.3. The maximum atomic E-state index is 5.97. The summed E-state index contributed by atoms with van der Waals surface area (Å²) in [5.41, 5.74) is 3.49. The van der Waals surface area contributed by atoms with Crippen LogP contribution in [0.2, 0.25) is 0 Å². The average Bonchev–Trinajstić information content (AvgIpc) is 2.99.